The molecule has 2 atom stereocenters. The van der Waals surface area contributed by atoms with Gasteiger partial charge in [-0.1, -0.05) is 26.2 Å². The third-order valence-electron chi connectivity index (χ3n) is 4.55. The van der Waals surface area contributed by atoms with Gasteiger partial charge in [-0.25, -0.2) is 0 Å². The molecular formula is C18H38IN3O2. The highest BCUT2D eigenvalue weighted by Gasteiger charge is 2.18. The molecule has 6 heteroatoms. The van der Waals surface area contributed by atoms with Crippen LogP contribution >= 0.6 is 24.0 Å². The molecule has 0 heterocycles. The molecular weight excluding hydrogens is 417 g/mol. The molecule has 0 aromatic heterocycles. The van der Waals surface area contributed by atoms with E-state index in [1.54, 1.807) is 7.11 Å². The molecule has 0 amide bonds. The molecule has 0 spiro atoms. The second-order valence-electron chi connectivity index (χ2n) is 6.66. The molecule has 5 nitrogen and oxygen atoms in total. The van der Waals surface area contributed by atoms with Gasteiger partial charge in [-0.05, 0) is 37.5 Å². The van der Waals surface area contributed by atoms with Crippen LogP contribution in [0, 0.1) is 11.8 Å². The largest absolute Gasteiger partial charge is 0.382 e. The summed E-state index contributed by atoms with van der Waals surface area (Å²) >= 11 is 0. The summed E-state index contributed by atoms with van der Waals surface area (Å²) in [7, 11) is 3.53. The van der Waals surface area contributed by atoms with Gasteiger partial charge in [0.05, 0.1) is 13.2 Å². The first kappa shape index (κ1) is 23.9. The van der Waals surface area contributed by atoms with Crippen molar-refractivity contribution in [1.29, 1.82) is 0 Å². The lowest BCUT2D eigenvalue weighted by molar-refractivity contribution is 0.0689. The van der Waals surface area contributed by atoms with E-state index in [1.807, 2.05) is 7.05 Å². The van der Waals surface area contributed by atoms with Gasteiger partial charge >= 0.3 is 0 Å². The average Bonchev–Trinajstić information content (AvgIpc) is 2.55. The number of halogens is 1. The van der Waals surface area contributed by atoms with Crippen molar-refractivity contribution in [2.24, 2.45) is 16.8 Å². The van der Waals surface area contributed by atoms with Crippen molar-refractivity contribution in [3.05, 3.63) is 0 Å². The van der Waals surface area contributed by atoms with E-state index in [0.29, 0.717) is 13.2 Å². The highest BCUT2D eigenvalue weighted by atomic mass is 127. The Balaban J connectivity index is 0.00000529. The molecule has 0 aromatic carbocycles. The van der Waals surface area contributed by atoms with Crippen molar-refractivity contribution in [3.8, 4) is 0 Å². The molecule has 1 aliphatic carbocycles. The van der Waals surface area contributed by atoms with Crippen LogP contribution in [0.5, 0.6) is 0 Å². The van der Waals surface area contributed by atoms with Gasteiger partial charge in [0, 0.05) is 33.9 Å². The highest BCUT2D eigenvalue weighted by molar-refractivity contribution is 14.0. The smallest absolute Gasteiger partial charge is 0.190 e. The van der Waals surface area contributed by atoms with Crippen LogP contribution in [-0.2, 0) is 9.47 Å². The predicted octanol–water partition coefficient (Wildman–Crippen LogP) is 3.43. The Kier molecular flexibility index (Phi) is 16.3. The van der Waals surface area contributed by atoms with Crippen molar-refractivity contribution in [2.75, 3.05) is 47.1 Å². The van der Waals surface area contributed by atoms with E-state index >= 15 is 0 Å². The SMILES string of the molecule is CN=C(NCCCCOCCOC)NCCC1CCCC(C)C1.I. The fourth-order valence-corrected chi connectivity index (χ4v) is 3.22. The van der Waals surface area contributed by atoms with Crippen LogP contribution < -0.4 is 10.6 Å². The first-order valence-electron chi connectivity index (χ1n) is 9.27. The van der Waals surface area contributed by atoms with Gasteiger partial charge in [0.25, 0.3) is 0 Å². The predicted molar refractivity (Wildman–Crippen MR) is 112 cm³/mol. The molecule has 1 rings (SSSR count). The van der Waals surface area contributed by atoms with E-state index in [9.17, 15) is 0 Å². The van der Waals surface area contributed by atoms with Gasteiger partial charge < -0.3 is 20.1 Å². The minimum atomic E-state index is 0. The van der Waals surface area contributed by atoms with Gasteiger partial charge in [0.15, 0.2) is 5.96 Å². The molecule has 1 saturated carbocycles. The van der Waals surface area contributed by atoms with Crippen LogP contribution in [0.4, 0.5) is 0 Å². The van der Waals surface area contributed by atoms with Crippen LogP contribution in [0.2, 0.25) is 0 Å². The third kappa shape index (κ3) is 12.3. The summed E-state index contributed by atoms with van der Waals surface area (Å²) in [5.41, 5.74) is 0. The van der Waals surface area contributed by atoms with E-state index in [4.69, 9.17) is 9.47 Å². The summed E-state index contributed by atoms with van der Waals surface area (Å²) in [6.07, 6.45) is 9.05. The summed E-state index contributed by atoms with van der Waals surface area (Å²) in [5.74, 6) is 2.74. The molecule has 0 radical (unpaired) electrons. The monoisotopic (exact) mass is 455 g/mol. The normalized spacial score (nSPS) is 21.2. The molecule has 0 aromatic rings. The van der Waals surface area contributed by atoms with Gasteiger partial charge in [0.2, 0.25) is 0 Å². The second kappa shape index (κ2) is 16.4. The zero-order valence-corrected chi connectivity index (χ0v) is 18.1. The molecule has 0 aliphatic heterocycles. The number of ether oxygens (including phenoxy) is 2. The number of nitrogens with zero attached hydrogens (tertiary/aromatic N) is 1. The topological polar surface area (TPSA) is 54.9 Å². The zero-order chi connectivity index (χ0) is 16.8. The fourth-order valence-electron chi connectivity index (χ4n) is 3.22. The molecule has 0 bridgehead atoms. The molecule has 2 unspecified atom stereocenters. The van der Waals surface area contributed by atoms with Crippen LogP contribution in [0.1, 0.15) is 51.9 Å². The van der Waals surface area contributed by atoms with Crippen molar-refractivity contribution >= 4 is 29.9 Å². The molecule has 24 heavy (non-hydrogen) atoms. The van der Waals surface area contributed by atoms with Crippen LogP contribution in [0.3, 0.4) is 0 Å². The van der Waals surface area contributed by atoms with Crippen molar-refractivity contribution in [3.63, 3.8) is 0 Å². The van der Waals surface area contributed by atoms with Gasteiger partial charge in [0.1, 0.15) is 0 Å². The summed E-state index contributed by atoms with van der Waals surface area (Å²) in [4.78, 5) is 4.29. The summed E-state index contributed by atoms with van der Waals surface area (Å²) in [6, 6.07) is 0. The Morgan fingerprint density at radius 3 is 2.58 bits per heavy atom. The standard InChI is InChI=1S/C18H37N3O2.HI/c1-16-7-6-8-17(15-16)9-11-21-18(19-2)20-10-4-5-12-23-14-13-22-3;/h16-17H,4-15H2,1-3H3,(H2,19,20,21);1H. The quantitative estimate of drug-likeness (QED) is 0.217. The number of rotatable bonds is 11. The van der Waals surface area contributed by atoms with Crippen molar-refractivity contribution < 1.29 is 9.47 Å². The fraction of sp³-hybridized carbons (Fsp3) is 0.944. The average molecular weight is 455 g/mol. The number of aliphatic imine (C=N–C) groups is 1. The maximum atomic E-state index is 5.45. The van der Waals surface area contributed by atoms with Crippen molar-refractivity contribution in [2.45, 2.75) is 51.9 Å². The van der Waals surface area contributed by atoms with E-state index in [1.165, 1.54) is 32.1 Å². The number of methoxy groups -OCH3 is 1. The van der Waals surface area contributed by atoms with E-state index in [0.717, 1.165) is 50.3 Å². The maximum Gasteiger partial charge on any atom is 0.190 e. The lowest BCUT2D eigenvalue weighted by atomic mass is 9.81. The first-order valence-corrected chi connectivity index (χ1v) is 9.27. The third-order valence-corrected chi connectivity index (χ3v) is 4.55. The number of hydrogen-bond donors (Lipinski definition) is 2. The molecule has 0 saturated heterocycles. The van der Waals surface area contributed by atoms with Gasteiger partial charge in [-0.2, -0.15) is 0 Å². The van der Waals surface area contributed by atoms with Crippen LogP contribution in [0.15, 0.2) is 4.99 Å². The second-order valence-corrected chi connectivity index (χ2v) is 6.66. The number of guanidine groups is 1. The minimum absolute atomic E-state index is 0. The number of unbranched alkanes of at least 4 members (excludes halogenated alkanes) is 1. The highest BCUT2D eigenvalue weighted by Crippen LogP contribution is 2.30. The maximum absolute atomic E-state index is 5.45. The summed E-state index contributed by atoms with van der Waals surface area (Å²) < 4.78 is 10.4. The Morgan fingerprint density at radius 1 is 1.08 bits per heavy atom. The van der Waals surface area contributed by atoms with Gasteiger partial charge in [-0.15, -0.1) is 24.0 Å². The van der Waals surface area contributed by atoms with E-state index < -0.39 is 0 Å². The summed E-state index contributed by atoms with van der Waals surface area (Å²) in [5, 5.41) is 6.82. The molecule has 1 fully saturated rings. The Labute approximate surface area is 165 Å². The molecule has 144 valence electrons. The first-order chi connectivity index (χ1) is 11.3. The van der Waals surface area contributed by atoms with E-state index in [-0.39, 0.29) is 24.0 Å². The van der Waals surface area contributed by atoms with Gasteiger partial charge in [-0.3, -0.25) is 4.99 Å². The lowest BCUT2D eigenvalue weighted by Gasteiger charge is -2.26. The van der Waals surface area contributed by atoms with Crippen LogP contribution in [0.25, 0.3) is 0 Å². The molecule has 1 aliphatic rings. The Hall–Kier alpha value is -0.0800. The minimum Gasteiger partial charge on any atom is -0.382 e. The van der Waals surface area contributed by atoms with E-state index in [2.05, 4.69) is 22.5 Å². The van der Waals surface area contributed by atoms with Crippen LogP contribution in [-0.4, -0.2) is 53.0 Å². The molecule has 2 N–H and O–H groups in total. The number of nitrogens with one attached hydrogen (secondary N) is 2. The number of hydrogen-bond acceptors (Lipinski definition) is 3. The zero-order valence-electron chi connectivity index (χ0n) is 15.8. The summed E-state index contributed by atoms with van der Waals surface area (Å²) in [6.45, 7) is 6.52. The Morgan fingerprint density at radius 2 is 1.88 bits per heavy atom. The van der Waals surface area contributed by atoms with Crippen molar-refractivity contribution in [1.82, 2.24) is 10.6 Å². The lowest BCUT2D eigenvalue weighted by Crippen LogP contribution is -2.38. The Bertz CT molecular complexity index is 317.